The Balaban J connectivity index is 1.47. The number of amides is 1. The van der Waals surface area contributed by atoms with E-state index in [1.54, 1.807) is 12.1 Å². The molecule has 0 spiro atoms. The fraction of sp³-hybridized carbons (Fsp3) is 0.350. The number of nitrogens with two attached hydrogens (primary N) is 1. The number of anilines is 1. The molecular weight excluding hydrogens is 410 g/mol. The van der Waals surface area contributed by atoms with E-state index >= 15 is 0 Å². The maximum atomic E-state index is 11.4. The maximum absolute atomic E-state index is 11.4. The number of rotatable bonds is 7. The van der Waals surface area contributed by atoms with Gasteiger partial charge in [0.1, 0.15) is 0 Å². The summed E-state index contributed by atoms with van der Waals surface area (Å²) in [4.78, 5) is 28.8. The lowest BCUT2D eigenvalue weighted by Gasteiger charge is -2.34. The fourth-order valence-electron chi connectivity index (χ4n) is 3.32. The topological polar surface area (TPSA) is 85.5 Å². The predicted molar refractivity (Wildman–Crippen MR) is 107 cm³/mol. The lowest BCUT2D eigenvalue weighted by atomic mass is 9.93. The van der Waals surface area contributed by atoms with Gasteiger partial charge in [-0.05, 0) is 59.3 Å². The van der Waals surface area contributed by atoms with Gasteiger partial charge in [-0.25, -0.2) is 4.98 Å². The number of carbonyl (C=O) groups is 2. The SMILES string of the molecule is NC(=O)c1ccc(OCCC2CCN(c3cccc(Br)c3C=O)CC2)nc1. The Kier molecular flexibility index (Phi) is 6.45. The monoisotopic (exact) mass is 431 g/mol. The third kappa shape index (κ3) is 4.86. The quantitative estimate of drug-likeness (QED) is 0.678. The van der Waals surface area contributed by atoms with E-state index in [1.807, 2.05) is 18.2 Å². The van der Waals surface area contributed by atoms with Crippen molar-refractivity contribution in [2.75, 3.05) is 24.6 Å². The summed E-state index contributed by atoms with van der Waals surface area (Å²) in [6.45, 7) is 2.44. The summed E-state index contributed by atoms with van der Waals surface area (Å²) in [5, 5.41) is 0. The summed E-state index contributed by atoms with van der Waals surface area (Å²) >= 11 is 3.45. The third-order valence-electron chi connectivity index (χ3n) is 4.90. The number of carbonyl (C=O) groups excluding carboxylic acids is 2. The van der Waals surface area contributed by atoms with Crippen LogP contribution in [0.5, 0.6) is 5.88 Å². The highest BCUT2D eigenvalue weighted by Gasteiger charge is 2.21. The van der Waals surface area contributed by atoms with Crippen molar-refractivity contribution < 1.29 is 14.3 Å². The molecule has 1 aliphatic rings. The highest BCUT2D eigenvalue weighted by Crippen LogP contribution is 2.30. The van der Waals surface area contributed by atoms with Crippen LogP contribution in [0.2, 0.25) is 0 Å². The summed E-state index contributed by atoms with van der Waals surface area (Å²) in [7, 11) is 0. The van der Waals surface area contributed by atoms with Crippen molar-refractivity contribution in [3.8, 4) is 5.88 Å². The van der Waals surface area contributed by atoms with E-state index in [2.05, 4.69) is 25.8 Å². The molecule has 2 heterocycles. The van der Waals surface area contributed by atoms with E-state index < -0.39 is 5.91 Å². The van der Waals surface area contributed by atoms with Crippen molar-refractivity contribution in [2.24, 2.45) is 11.7 Å². The minimum atomic E-state index is -0.496. The smallest absolute Gasteiger partial charge is 0.250 e. The van der Waals surface area contributed by atoms with Crippen LogP contribution in [-0.2, 0) is 0 Å². The van der Waals surface area contributed by atoms with Gasteiger partial charge in [-0.2, -0.15) is 0 Å². The molecule has 3 rings (SSSR count). The van der Waals surface area contributed by atoms with Gasteiger partial charge in [0.25, 0.3) is 0 Å². The van der Waals surface area contributed by atoms with Gasteiger partial charge < -0.3 is 15.4 Å². The second-order valence-corrected chi connectivity index (χ2v) is 7.46. The third-order valence-corrected chi connectivity index (χ3v) is 5.59. The molecule has 1 fully saturated rings. The van der Waals surface area contributed by atoms with Crippen molar-refractivity contribution in [3.63, 3.8) is 0 Å². The Hall–Kier alpha value is -2.41. The van der Waals surface area contributed by atoms with Crippen LogP contribution in [0.3, 0.4) is 0 Å². The van der Waals surface area contributed by atoms with E-state index in [-0.39, 0.29) is 0 Å². The second kappa shape index (κ2) is 8.99. The Bertz CT molecular complexity index is 803. The molecule has 1 amide bonds. The number of aldehydes is 1. The first-order chi connectivity index (χ1) is 13.1. The highest BCUT2D eigenvalue weighted by molar-refractivity contribution is 9.10. The van der Waals surface area contributed by atoms with Crippen LogP contribution in [0.15, 0.2) is 41.0 Å². The lowest BCUT2D eigenvalue weighted by molar-refractivity contribution is 0.0999. The number of primary amides is 1. The zero-order chi connectivity index (χ0) is 19.2. The molecule has 142 valence electrons. The molecule has 2 aromatic rings. The second-order valence-electron chi connectivity index (χ2n) is 6.61. The molecule has 0 aliphatic carbocycles. The maximum Gasteiger partial charge on any atom is 0.250 e. The molecule has 1 saturated heterocycles. The molecule has 0 radical (unpaired) electrons. The number of benzene rings is 1. The van der Waals surface area contributed by atoms with Crippen LogP contribution in [0.4, 0.5) is 5.69 Å². The van der Waals surface area contributed by atoms with E-state index in [1.165, 1.54) is 6.20 Å². The van der Waals surface area contributed by atoms with Crippen LogP contribution < -0.4 is 15.4 Å². The minimum Gasteiger partial charge on any atom is -0.478 e. The Morgan fingerprint density at radius 2 is 2.07 bits per heavy atom. The lowest BCUT2D eigenvalue weighted by Crippen LogP contribution is -2.34. The molecule has 27 heavy (non-hydrogen) atoms. The Morgan fingerprint density at radius 3 is 2.70 bits per heavy atom. The first-order valence-corrected chi connectivity index (χ1v) is 9.75. The van der Waals surface area contributed by atoms with Crippen LogP contribution in [0, 0.1) is 5.92 Å². The first kappa shape index (κ1) is 19.4. The zero-order valence-corrected chi connectivity index (χ0v) is 16.5. The van der Waals surface area contributed by atoms with Crippen molar-refractivity contribution in [1.29, 1.82) is 0 Å². The van der Waals surface area contributed by atoms with Crippen LogP contribution in [0.25, 0.3) is 0 Å². The molecule has 1 aromatic carbocycles. The van der Waals surface area contributed by atoms with E-state index in [9.17, 15) is 9.59 Å². The Morgan fingerprint density at radius 1 is 1.30 bits per heavy atom. The van der Waals surface area contributed by atoms with Crippen molar-refractivity contribution in [2.45, 2.75) is 19.3 Å². The fourth-order valence-corrected chi connectivity index (χ4v) is 3.77. The normalized spacial score (nSPS) is 14.8. The molecule has 0 unspecified atom stereocenters. The number of hydrogen-bond donors (Lipinski definition) is 1. The molecule has 1 aromatic heterocycles. The molecule has 1 aliphatic heterocycles. The molecular formula is C20H22BrN3O3. The van der Waals surface area contributed by atoms with E-state index in [0.717, 1.165) is 48.8 Å². The Labute approximate surface area is 166 Å². The average molecular weight is 432 g/mol. The molecule has 7 heteroatoms. The van der Waals surface area contributed by atoms with Gasteiger partial charge in [0.2, 0.25) is 11.8 Å². The van der Waals surface area contributed by atoms with E-state index in [4.69, 9.17) is 10.5 Å². The largest absolute Gasteiger partial charge is 0.478 e. The van der Waals surface area contributed by atoms with E-state index in [0.29, 0.717) is 29.5 Å². The molecule has 6 nitrogen and oxygen atoms in total. The number of halogens is 1. The van der Waals surface area contributed by atoms with Gasteiger partial charge in [-0.15, -0.1) is 0 Å². The predicted octanol–water partition coefficient (Wildman–Crippen LogP) is 3.44. The number of pyridine rings is 1. The van der Waals surface area contributed by atoms with Crippen LogP contribution in [-0.4, -0.2) is 36.9 Å². The summed E-state index contributed by atoms with van der Waals surface area (Å²) < 4.78 is 6.51. The van der Waals surface area contributed by atoms with Gasteiger partial charge >= 0.3 is 0 Å². The van der Waals surface area contributed by atoms with Crippen LogP contribution in [0.1, 0.15) is 40.0 Å². The molecule has 0 atom stereocenters. The zero-order valence-electron chi connectivity index (χ0n) is 14.9. The van der Waals surface area contributed by atoms with Gasteiger partial charge in [-0.3, -0.25) is 9.59 Å². The minimum absolute atomic E-state index is 0.372. The van der Waals surface area contributed by atoms with Gasteiger partial charge in [-0.1, -0.05) is 6.07 Å². The van der Waals surface area contributed by atoms with Gasteiger partial charge in [0.15, 0.2) is 6.29 Å². The van der Waals surface area contributed by atoms with Crippen molar-refractivity contribution in [3.05, 3.63) is 52.1 Å². The number of aromatic nitrogens is 1. The molecule has 0 saturated carbocycles. The van der Waals surface area contributed by atoms with Gasteiger partial charge in [0, 0.05) is 35.5 Å². The standard InChI is InChI=1S/C20H22BrN3O3/c21-17-2-1-3-18(16(17)13-25)24-9-6-14(7-10-24)8-11-27-19-5-4-15(12-23-19)20(22)26/h1-5,12-14H,6-11H2,(H2,22,26). The van der Waals surface area contributed by atoms with Crippen molar-refractivity contribution in [1.82, 2.24) is 4.98 Å². The first-order valence-electron chi connectivity index (χ1n) is 8.95. The number of nitrogens with zero attached hydrogens (tertiary/aromatic N) is 2. The summed E-state index contributed by atoms with van der Waals surface area (Å²) in [6, 6.07) is 9.13. The summed E-state index contributed by atoms with van der Waals surface area (Å²) in [6.07, 6.45) is 5.41. The number of hydrogen-bond acceptors (Lipinski definition) is 5. The average Bonchev–Trinajstić information content (AvgIpc) is 2.69. The summed E-state index contributed by atoms with van der Waals surface area (Å²) in [5.41, 5.74) is 7.27. The van der Waals surface area contributed by atoms with Gasteiger partial charge in [0.05, 0.1) is 17.7 Å². The van der Waals surface area contributed by atoms with Crippen molar-refractivity contribution >= 4 is 33.8 Å². The molecule has 0 bridgehead atoms. The highest BCUT2D eigenvalue weighted by atomic mass is 79.9. The molecule has 2 N–H and O–H groups in total. The summed E-state index contributed by atoms with van der Waals surface area (Å²) in [5.74, 6) is 0.587. The van der Waals surface area contributed by atoms with Crippen LogP contribution >= 0.6 is 15.9 Å². The number of piperidine rings is 1. The number of ether oxygens (including phenoxy) is 1.